The lowest BCUT2D eigenvalue weighted by molar-refractivity contribution is -0.399. The summed E-state index contributed by atoms with van der Waals surface area (Å²) in [5, 5.41) is 271. The minimum Gasteiger partial charge on any atom is -0.477 e. The minimum atomic E-state index is -3.34. The van der Waals surface area contributed by atoms with Crippen LogP contribution in [0, 0.1) is 0 Å². The smallest absolute Gasteiger partial charge is 0.364 e. The first-order valence-electron chi connectivity index (χ1n) is 32.6. The van der Waals surface area contributed by atoms with Gasteiger partial charge in [-0.15, -0.1) is 0 Å². The number of amides is 3. The molecule has 0 saturated carbocycles. The van der Waals surface area contributed by atoms with Crippen molar-refractivity contribution in [3.63, 3.8) is 0 Å². The minimum absolute atomic E-state index is 0.882. The summed E-state index contributed by atoms with van der Waals surface area (Å²) in [5.74, 6) is -8.39. The molecule has 103 heavy (non-hydrogen) atoms. The van der Waals surface area contributed by atoms with Gasteiger partial charge in [-0.05, 0) is 6.92 Å². The quantitative estimate of drug-likeness (QED) is 0.0363. The van der Waals surface area contributed by atoms with Crippen LogP contribution in [0.5, 0.6) is 0 Å². The molecule has 46 nitrogen and oxygen atoms in total. The van der Waals surface area contributed by atoms with E-state index in [0.717, 1.165) is 20.8 Å². The number of aliphatic hydroxyl groups is 23. The predicted molar refractivity (Wildman–Crippen MR) is 315 cm³/mol. The Morgan fingerprint density at radius 3 is 1.24 bits per heavy atom. The normalized spacial score (nSPS) is 48.3. The Morgan fingerprint density at radius 2 is 0.777 bits per heavy atom. The maximum Gasteiger partial charge on any atom is 0.364 e. The zero-order valence-corrected chi connectivity index (χ0v) is 55.2. The van der Waals surface area contributed by atoms with Crippen molar-refractivity contribution in [1.29, 1.82) is 0 Å². The number of hydrogen-bond acceptors (Lipinski definition) is 42. The maximum atomic E-state index is 13.5. The van der Waals surface area contributed by atoms with Crippen LogP contribution in [0.1, 0.15) is 34.1 Å². The number of carboxylic acids is 1. The predicted octanol–water partition coefficient (Wildman–Crippen LogP) is -17.8. The summed E-state index contributed by atoms with van der Waals surface area (Å²) >= 11 is 0. The van der Waals surface area contributed by atoms with E-state index in [2.05, 4.69) is 16.0 Å². The summed E-state index contributed by atoms with van der Waals surface area (Å²) in [5.41, 5.74) is 0. The molecule has 46 heteroatoms. The SMILES string of the molecule is CC(=O)N[C@H]1[C@H](O[C@H]2[C@@H](O)[C@@H](CO)O[C@@H](O[C@H]3[C@H](O)[C@@H](O)[C@H](O)O[C@@H]3CO)[C@@H]2O)O[C@H](CO)[C@@H](O[C@@H]2O[C@H](CO)[C@H](O)[C@H](O[C@@H]3O[C@H](CO)[C@@H](O[C@@H]4O[C@@H](C)[C@@H](O)[C@@H](O)[C@@H]4O)[C@H](O[C@@H]4O[C@H](CO)[C@H](O)[C@H](O[C@]5(C(=O)O)C[C@H](O)[C@@H](NC(C)=O)[C@H]([C@H](O)[C@H](O)CO)O5)[C@H]4O)[C@H]3NC(C)=O)[C@H]2O)[C@@H]1O. The van der Waals surface area contributed by atoms with Crippen molar-refractivity contribution in [2.24, 2.45) is 0 Å². The van der Waals surface area contributed by atoms with Gasteiger partial charge < -0.3 is 210 Å². The molecule has 0 bridgehead atoms. The first-order valence-corrected chi connectivity index (χ1v) is 32.6. The molecule has 0 aromatic heterocycles. The van der Waals surface area contributed by atoms with Crippen LogP contribution in [-0.4, -0.2) is 444 Å². The average Bonchev–Trinajstić information content (AvgIpc) is 0.758. The first-order chi connectivity index (χ1) is 48.5. The standard InChI is InChI=1S/C57H95N3O43/c1-13-28(73)34(79)37(82)52(89-13)98-43-24(12-67)95-51(27(60-16(4)70)45(43)99-55-40(85)48(32(77)21(9-64)93-55)103-57(56(87)88)5-17(71)25(58-14(2)68)44(102-57)29(74)18(72)6-61)101-47-31(76)20(8-63)91-53(39(47)84)96-41-23(11-66)94-50(26(33(41)78)59-15(3)69)100-46-30(75)19(7-62)92-54(38(46)83)97-42-22(10-65)90-49(86)36(81)35(42)80/h13,17-55,61-67,71-86H,5-12H2,1-4H3,(H,58,68)(H,59,69)(H,60,70)(H,87,88)/t13-,17-,18+,19+,20+,21+,22+,23+,24+,25+,26+,27+,28+,29+,30-,31-,32-,33+,34+,35+,36+,37-,38+,39+,40+,41+,42+,43+,44+,45+,46-,47-,48-,49+,50-,51-,52-,53-,54-,55-,57-/m0/s1. The van der Waals surface area contributed by atoms with E-state index in [4.69, 9.17) is 71.1 Å². The Kier molecular flexibility index (Phi) is 29.9. The molecule has 0 spiro atoms. The van der Waals surface area contributed by atoms with Gasteiger partial charge in [0.15, 0.2) is 44.0 Å². The van der Waals surface area contributed by atoms with E-state index in [9.17, 15) is 142 Å². The average molecular weight is 1510 g/mol. The number of carboxylic acid groups (broad SMARTS) is 1. The zero-order chi connectivity index (χ0) is 76.3. The van der Waals surface area contributed by atoms with Crippen LogP contribution in [0.25, 0.3) is 0 Å². The van der Waals surface area contributed by atoms with Crippen LogP contribution in [-0.2, 0) is 90.2 Å². The number of carbonyl (C=O) groups is 4. The van der Waals surface area contributed by atoms with Crippen molar-refractivity contribution >= 4 is 23.7 Å². The topological polar surface area (TPSA) is 728 Å². The maximum absolute atomic E-state index is 13.5. The number of rotatable bonds is 27. The van der Waals surface area contributed by atoms with Crippen LogP contribution < -0.4 is 16.0 Å². The van der Waals surface area contributed by atoms with Gasteiger partial charge in [0.05, 0.1) is 64.5 Å². The van der Waals surface area contributed by atoms with Crippen molar-refractivity contribution in [1.82, 2.24) is 16.0 Å². The van der Waals surface area contributed by atoms with Gasteiger partial charge in [0, 0.05) is 27.2 Å². The van der Waals surface area contributed by atoms with Gasteiger partial charge in [-0.25, -0.2) is 4.79 Å². The lowest BCUT2D eigenvalue weighted by Crippen LogP contribution is -2.72. The Bertz CT molecular complexity index is 2730. The fraction of sp³-hybridized carbons (Fsp3) is 0.930. The van der Waals surface area contributed by atoms with E-state index >= 15 is 0 Å². The number of ether oxygens (including phenoxy) is 15. The third-order valence-corrected chi connectivity index (χ3v) is 18.8. The monoisotopic (exact) mass is 1510 g/mol. The number of hydrogen-bond donors (Lipinski definition) is 27. The molecule has 0 aromatic carbocycles. The molecule has 0 aromatic rings. The summed E-state index contributed by atoms with van der Waals surface area (Å²) < 4.78 is 87.9. The summed E-state index contributed by atoms with van der Waals surface area (Å²) in [4.78, 5) is 52.0. The summed E-state index contributed by atoms with van der Waals surface area (Å²) in [6.07, 6.45) is -79.2. The third-order valence-electron chi connectivity index (χ3n) is 18.8. The molecule has 27 N–H and O–H groups in total. The Labute approximate surface area is 582 Å². The molecule has 8 aliphatic heterocycles. The van der Waals surface area contributed by atoms with E-state index in [-0.39, 0.29) is 0 Å². The van der Waals surface area contributed by atoms with Crippen molar-refractivity contribution < 1.29 is 213 Å². The van der Waals surface area contributed by atoms with E-state index in [0.29, 0.717) is 0 Å². The number of aliphatic carboxylic acids is 1. The van der Waals surface area contributed by atoms with Crippen LogP contribution in [0.3, 0.4) is 0 Å². The molecule has 0 unspecified atom stereocenters. The molecule has 596 valence electrons. The lowest BCUT2D eigenvalue weighted by Gasteiger charge is -2.52. The van der Waals surface area contributed by atoms with Crippen molar-refractivity contribution in [2.75, 3.05) is 46.2 Å². The summed E-state index contributed by atoms with van der Waals surface area (Å²) in [6.45, 7) is -4.07. The molecule has 8 rings (SSSR count). The largest absolute Gasteiger partial charge is 0.477 e. The van der Waals surface area contributed by atoms with Crippen LogP contribution >= 0.6 is 0 Å². The molecule has 8 heterocycles. The summed E-state index contributed by atoms with van der Waals surface area (Å²) in [7, 11) is 0. The van der Waals surface area contributed by atoms with E-state index in [1.54, 1.807) is 0 Å². The van der Waals surface area contributed by atoms with Crippen molar-refractivity contribution in [3.05, 3.63) is 0 Å². The molecular formula is C57H95N3O43. The zero-order valence-electron chi connectivity index (χ0n) is 55.2. The first kappa shape index (κ1) is 85.0. The van der Waals surface area contributed by atoms with Gasteiger partial charge in [0.2, 0.25) is 17.7 Å². The second kappa shape index (κ2) is 36.3. The molecule has 8 saturated heterocycles. The highest BCUT2D eigenvalue weighted by Crippen LogP contribution is 2.42. The second-order valence-corrected chi connectivity index (χ2v) is 26.0. The van der Waals surface area contributed by atoms with Crippen LogP contribution in [0.15, 0.2) is 0 Å². The molecular weight excluding hydrogens is 1410 g/mol. The van der Waals surface area contributed by atoms with Gasteiger partial charge in [-0.2, -0.15) is 0 Å². The Morgan fingerprint density at radius 1 is 0.398 bits per heavy atom. The van der Waals surface area contributed by atoms with Gasteiger partial charge in [0.1, 0.15) is 183 Å². The highest BCUT2D eigenvalue weighted by molar-refractivity contribution is 5.77. The molecule has 0 radical (unpaired) electrons. The molecule has 41 atom stereocenters. The molecule has 3 amide bonds. The van der Waals surface area contributed by atoms with E-state index in [1.807, 2.05) is 0 Å². The van der Waals surface area contributed by atoms with Gasteiger partial charge in [-0.1, -0.05) is 0 Å². The molecule has 8 aliphatic rings. The highest BCUT2D eigenvalue weighted by Gasteiger charge is 2.63. The Balaban J connectivity index is 1.10. The van der Waals surface area contributed by atoms with Gasteiger partial charge >= 0.3 is 5.97 Å². The fourth-order valence-electron chi connectivity index (χ4n) is 13.3. The van der Waals surface area contributed by atoms with Gasteiger partial charge in [0.25, 0.3) is 5.79 Å². The lowest BCUT2D eigenvalue weighted by atomic mass is 9.88. The number of carbonyl (C=O) groups excluding carboxylic acids is 3. The van der Waals surface area contributed by atoms with Crippen molar-refractivity contribution in [3.8, 4) is 0 Å². The highest BCUT2D eigenvalue weighted by atomic mass is 16.8. The Hall–Kier alpha value is -3.64. The summed E-state index contributed by atoms with van der Waals surface area (Å²) in [6, 6.07) is -5.80. The van der Waals surface area contributed by atoms with E-state index in [1.165, 1.54) is 6.92 Å². The second-order valence-electron chi connectivity index (χ2n) is 26.0. The fourth-order valence-corrected chi connectivity index (χ4v) is 13.3. The van der Waals surface area contributed by atoms with E-state index < -0.39 is 327 Å². The van der Waals surface area contributed by atoms with Crippen molar-refractivity contribution in [2.45, 2.75) is 285 Å². The number of nitrogens with one attached hydrogen (secondary N) is 3. The molecule has 0 aliphatic carbocycles. The third kappa shape index (κ3) is 18.3. The van der Waals surface area contributed by atoms with Gasteiger partial charge in [-0.3, -0.25) is 14.4 Å². The number of aliphatic hydroxyl groups excluding tert-OH is 23. The molecule has 8 fully saturated rings. The van der Waals surface area contributed by atoms with Crippen LogP contribution in [0.4, 0.5) is 0 Å². The van der Waals surface area contributed by atoms with Crippen LogP contribution in [0.2, 0.25) is 0 Å².